The van der Waals surface area contributed by atoms with Gasteiger partial charge in [0.05, 0.1) is 11.5 Å². The summed E-state index contributed by atoms with van der Waals surface area (Å²) in [6.07, 6.45) is 11.6. The monoisotopic (exact) mass is 235 g/mol. The van der Waals surface area contributed by atoms with Crippen LogP contribution in [0.4, 0.5) is 0 Å². The molecule has 3 fully saturated rings. The molecule has 3 aliphatic carbocycles. The lowest BCUT2D eigenvalue weighted by molar-refractivity contribution is 0.0927. The van der Waals surface area contributed by atoms with Gasteiger partial charge in [-0.25, -0.2) is 0 Å². The van der Waals surface area contributed by atoms with Crippen molar-refractivity contribution < 1.29 is 0 Å². The van der Waals surface area contributed by atoms with Gasteiger partial charge < -0.3 is 0 Å². The first-order chi connectivity index (χ1) is 7.76. The summed E-state index contributed by atoms with van der Waals surface area (Å²) in [5.74, 6) is 2.77. The highest BCUT2D eigenvalue weighted by Crippen LogP contribution is 2.58. The van der Waals surface area contributed by atoms with Crippen molar-refractivity contribution in [3.8, 4) is 6.07 Å². The van der Waals surface area contributed by atoms with Crippen molar-refractivity contribution in [3.05, 3.63) is 0 Å². The summed E-state index contributed by atoms with van der Waals surface area (Å²) in [6, 6.07) is 2.65. The summed E-state index contributed by atoms with van der Waals surface area (Å²) in [4.78, 5) is 0. The van der Waals surface area contributed by atoms with Gasteiger partial charge >= 0.3 is 0 Å². The van der Waals surface area contributed by atoms with Crippen molar-refractivity contribution in [2.24, 2.45) is 23.2 Å². The van der Waals surface area contributed by atoms with E-state index in [-0.39, 0.29) is 5.41 Å². The Labute approximate surface area is 103 Å². The Balaban J connectivity index is 1.56. The molecule has 1 nitrogen and oxygen atoms in total. The molecule has 0 spiro atoms. The average Bonchev–Trinajstić information content (AvgIpc) is 3.08. The molecule has 3 rings (SSSR count). The fraction of sp³-hybridized carbons (Fsp3) is 0.929. The number of nitriles is 1. The second kappa shape index (κ2) is 3.95. The zero-order chi connectivity index (χ0) is 11.2. The molecule has 2 heteroatoms. The molecule has 0 aromatic rings. The van der Waals surface area contributed by atoms with E-state index in [1.807, 2.05) is 0 Å². The maximum absolute atomic E-state index is 9.38. The van der Waals surface area contributed by atoms with Crippen LogP contribution in [0.25, 0.3) is 0 Å². The van der Waals surface area contributed by atoms with E-state index in [1.165, 1.54) is 44.9 Å². The molecule has 0 radical (unpaired) electrons. The summed E-state index contributed by atoms with van der Waals surface area (Å²) < 4.78 is 0. The van der Waals surface area contributed by atoms with Crippen LogP contribution in [-0.2, 0) is 0 Å². The molecule has 0 N–H and O–H groups in total. The van der Waals surface area contributed by atoms with Gasteiger partial charge in [0.1, 0.15) is 0 Å². The molecular formula is C14H21NS. The van der Waals surface area contributed by atoms with Crippen molar-refractivity contribution in [1.29, 1.82) is 5.26 Å². The Morgan fingerprint density at radius 3 is 2.38 bits per heavy atom. The Morgan fingerprint density at radius 1 is 1.25 bits per heavy atom. The lowest BCUT2D eigenvalue weighted by atomic mass is 9.59. The maximum atomic E-state index is 9.38. The molecule has 0 aliphatic heterocycles. The average molecular weight is 235 g/mol. The first kappa shape index (κ1) is 11.0. The molecule has 0 bridgehead atoms. The van der Waals surface area contributed by atoms with Crippen molar-refractivity contribution in [1.82, 2.24) is 0 Å². The lowest BCUT2D eigenvalue weighted by Crippen LogP contribution is -2.42. The van der Waals surface area contributed by atoms with Gasteiger partial charge in [-0.2, -0.15) is 17.0 Å². The molecule has 0 aromatic carbocycles. The van der Waals surface area contributed by atoms with Crippen LogP contribution in [0, 0.1) is 34.5 Å². The van der Waals surface area contributed by atoms with Crippen molar-refractivity contribution >= 4 is 11.8 Å². The predicted molar refractivity (Wildman–Crippen MR) is 68.1 cm³/mol. The van der Waals surface area contributed by atoms with E-state index in [9.17, 15) is 5.26 Å². The molecule has 0 saturated heterocycles. The summed E-state index contributed by atoms with van der Waals surface area (Å²) in [6.45, 7) is 0. The quantitative estimate of drug-likeness (QED) is 0.722. The van der Waals surface area contributed by atoms with Crippen LogP contribution in [0.2, 0.25) is 0 Å². The van der Waals surface area contributed by atoms with Crippen molar-refractivity contribution in [3.63, 3.8) is 0 Å². The van der Waals surface area contributed by atoms with Gasteiger partial charge in [0.15, 0.2) is 0 Å². The third-order valence-electron chi connectivity index (χ3n) is 4.74. The maximum Gasteiger partial charge on any atom is 0.0690 e. The van der Waals surface area contributed by atoms with E-state index in [1.54, 1.807) is 0 Å². The van der Waals surface area contributed by atoms with Crippen LogP contribution in [0.5, 0.6) is 0 Å². The normalized spacial score (nSPS) is 39.9. The van der Waals surface area contributed by atoms with E-state index < -0.39 is 0 Å². The van der Waals surface area contributed by atoms with E-state index in [0.717, 1.165) is 23.0 Å². The van der Waals surface area contributed by atoms with E-state index in [2.05, 4.69) is 24.1 Å². The molecule has 0 aromatic heterocycles. The highest BCUT2D eigenvalue weighted by atomic mass is 32.2. The molecule has 16 heavy (non-hydrogen) atoms. The van der Waals surface area contributed by atoms with Gasteiger partial charge in [0.25, 0.3) is 0 Å². The van der Waals surface area contributed by atoms with Gasteiger partial charge in [-0.05, 0) is 56.1 Å². The fourth-order valence-corrected chi connectivity index (χ4v) is 4.78. The predicted octanol–water partition coefficient (Wildman–Crippen LogP) is 3.85. The molecular weight excluding hydrogens is 214 g/mol. The molecule has 88 valence electrons. The Kier molecular flexibility index (Phi) is 2.70. The van der Waals surface area contributed by atoms with Gasteiger partial charge in [-0.3, -0.25) is 0 Å². The van der Waals surface area contributed by atoms with Crippen LogP contribution < -0.4 is 0 Å². The minimum Gasteiger partial charge on any atom is -0.198 e. The molecule has 3 aliphatic rings. The van der Waals surface area contributed by atoms with Crippen molar-refractivity contribution in [2.45, 2.75) is 50.2 Å². The number of hydrogen-bond acceptors (Lipinski definition) is 2. The number of rotatable bonds is 5. The van der Waals surface area contributed by atoms with Gasteiger partial charge in [0, 0.05) is 5.25 Å². The summed E-state index contributed by atoms with van der Waals surface area (Å²) in [5, 5.41) is 10.3. The SMILES string of the molecule is CSC(C1CC1)C1CC(C#N)(CC2CC2)C1. The Hall–Kier alpha value is -0.160. The van der Waals surface area contributed by atoms with Crippen LogP contribution in [-0.4, -0.2) is 11.5 Å². The molecule has 3 saturated carbocycles. The van der Waals surface area contributed by atoms with E-state index in [0.29, 0.717) is 0 Å². The molecule has 1 atom stereocenters. The largest absolute Gasteiger partial charge is 0.198 e. The number of nitrogens with zero attached hydrogens (tertiary/aromatic N) is 1. The fourth-order valence-electron chi connectivity index (χ4n) is 3.55. The smallest absolute Gasteiger partial charge is 0.0690 e. The summed E-state index contributed by atoms with van der Waals surface area (Å²) in [7, 11) is 0. The standard InChI is InChI=1S/C14H21NS/c1-16-13(11-4-5-11)12-7-14(8-12,9-15)6-10-2-3-10/h10-13H,2-8H2,1H3. The number of thioether (sulfide) groups is 1. The zero-order valence-electron chi connectivity index (χ0n) is 10.1. The molecule has 1 unspecified atom stereocenters. The van der Waals surface area contributed by atoms with Crippen LogP contribution in [0.1, 0.15) is 44.9 Å². The second-order valence-electron chi connectivity index (χ2n) is 6.25. The number of hydrogen-bond donors (Lipinski definition) is 0. The summed E-state index contributed by atoms with van der Waals surface area (Å²) in [5.41, 5.74) is 0.106. The van der Waals surface area contributed by atoms with Crippen LogP contribution in [0.15, 0.2) is 0 Å². The van der Waals surface area contributed by atoms with E-state index in [4.69, 9.17) is 0 Å². The third kappa shape index (κ3) is 1.99. The Bertz CT molecular complexity index is 305. The van der Waals surface area contributed by atoms with Gasteiger partial charge in [-0.15, -0.1) is 0 Å². The molecule has 0 amide bonds. The van der Waals surface area contributed by atoms with Gasteiger partial charge in [-0.1, -0.05) is 12.8 Å². The topological polar surface area (TPSA) is 23.8 Å². The Morgan fingerprint density at radius 2 is 1.94 bits per heavy atom. The highest BCUT2D eigenvalue weighted by Gasteiger charge is 2.52. The second-order valence-corrected chi connectivity index (χ2v) is 7.26. The minimum absolute atomic E-state index is 0.106. The van der Waals surface area contributed by atoms with Gasteiger partial charge in [0.2, 0.25) is 0 Å². The highest BCUT2D eigenvalue weighted by molar-refractivity contribution is 7.99. The zero-order valence-corrected chi connectivity index (χ0v) is 10.9. The van der Waals surface area contributed by atoms with Crippen molar-refractivity contribution in [2.75, 3.05) is 6.26 Å². The first-order valence-corrected chi connectivity index (χ1v) is 7.99. The van der Waals surface area contributed by atoms with E-state index >= 15 is 0 Å². The first-order valence-electron chi connectivity index (χ1n) is 6.70. The third-order valence-corrected chi connectivity index (χ3v) is 6.06. The lowest BCUT2D eigenvalue weighted by Gasteiger charge is -2.46. The molecule has 0 heterocycles. The summed E-state index contributed by atoms with van der Waals surface area (Å²) >= 11 is 2.06. The van der Waals surface area contributed by atoms with Crippen LogP contribution >= 0.6 is 11.8 Å². The van der Waals surface area contributed by atoms with Crippen LogP contribution in [0.3, 0.4) is 0 Å². The minimum atomic E-state index is 0.106.